The molecule has 0 aromatic carbocycles. The third-order valence-corrected chi connectivity index (χ3v) is 1.81. The highest BCUT2D eigenvalue weighted by Crippen LogP contribution is 1.83. The van der Waals surface area contributed by atoms with Crippen LogP contribution < -0.4 is 5.32 Å². The van der Waals surface area contributed by atoms with Gasteiger partial charge in [0.15, 0.2) is 0 Å². The molecule has 0 saturated heterocycles. The molecule has 0 spiro atoms. The zero-order valence-electron chi connectivity index (χ0n) is 10.1. The van der Waals surface area contributed by atoms with Gasteiger partial charge in [-0.1, -0.05) is 27.4 Å². The fourth-order valence-corrected chi connectivity index (χ4v) is 0.949. The Bertz CT molecular complexity index is 159. The number of nitrogens with zero attached hydrogens (tertiary/aromatic N) is 1. The summed E-state index contributed by atoms with van der Waals surface area (Å²) in [5.41, 5.74) is 0. The van der Waals surface area contributed by atoms with E-state index in [-0.39, 0.29) is 5.91 Å². The molecule has 3 nitrogen and oxygen atoms in total. The Morgan fingerprint density at radius 2 is 1.87 bits per heavy atom. The first kappa shape index (κ1) is 16.9. The predicted molar refractivity (Wildman–Crippen MR) is 67.4 cm³/mol. The molecule has 0 fully saturated rings. The van der Waals surface area contributed by atoms with Gasteiger partial charge >= 0.3 is 0 Å². The molecule has 0 rings (SSSR count). The minimum atomic E-state index is -0.0952. The Balaban J connectivity index is 0. The number of nitrogens with one attached hydrogen (secondary N) is 1. The van der Waals surface area contributed by atoms with Gasteiger partial charge in [-0.05, 0) is 19.2 Å². The molecule has 15 heavy (non-hydrogen) atoms. The van der Waals surface area contributed by atoms with Crippen LogP contribution in [0.3, 0.4) is 0 Å². The highest BCUT2D eigenvalue weighted by atomic mass is 35.5. The topological polar surface area (TPSA) is 32.3 Å². The van der Waals surface area contributed by atoms with E-state index in [0.29, 0.717) is 6.54 Å². The average molecular weight is 235 g/mol. The van der Waals surface area contributed by atoms with Crippen LogP contribution in [-0.2, 0) is 4.79 Å². The summed E-state index contributed by atoms with van der Waals surface area (Å²) in [6.07, 6.45) is 1.29. The van der Waals surface area contributed by atoms with Crippen molar-refractivity contribution in [3.05, 3.63) is 12.7 Å². The molecule has 90 valence electrons. The molecule has 0 aromatic heterocycles. The van der Waals surface area contributed by atoms with E-state index in [1.807, 2.05) is 6.92 Å². The van der Waals surface area contributed by atoms with Crippen LogP contribution in [0.2, 0.25) is 0 Å². The van der Waals surface area contributed by atoms with E-state index in [1.165, 1.54) is 6.08 Å². The molecule has 0 aliphatic heterocycles. The standard InChI is InChI=1S/C9H18N2O.C2H5Cl/c1-4-9(12)10-7-8-11(5-2)6-3;1-2-3/h4H,1,5-8H2,2-3H3,(H,10,12);2H2,1H3. The molecular weight excluding hydrogens is 212 g/mol. The van der Waals surface area contributed by atoms with Crippen molar-refractivity contribution < 1.29 is 4.79 Å². The second kappa shape index (κ2) is 13.5. The van der Waals surface area contributed by atoms with E-state index in [9.17, 15) is 4.79 Å². The smallest absolute Gasteiger partial charge is 0.243 e. The minimum absolute atomic E-state index is 0.0952. The van der Waals surface area contributed by atoms with Crippen molar-refractivity contribution in [2.45, 2.75) is 20.8 Å². The van der Waals surface area contributed by atoms with E-state index in [0.717, 1.165) is 25.5 Å². The second-order valence-corrected chi connectivity index (χ2v) is 3.32. The highest BCUT2D eigenvalue weighted by molar-refractivity contribution is 6.17. The van der Waals surface area contributed by atoms with Crippen molar-refractivity contribution >= 4 is 17.5 Å². The van der Waals surface area contributed by atoms with Gasteiger partial charge in [-0.3, -0.25) is 4.79 Å². The van der Waals surface area contributed by atoms with Crippen molar-refractivity contribution in [3.63, 3.8) is 0 Å². The lowest BCUT2D eigenvalue weighted by atomic mass is 10.4. The number of hydrogen-bond donors (Lipinski definition) is 1. The number of likely N-dealkylation sites (N-methyl/N-ethyl adjacent to an activating group) is 1. The summed E-state index contributed by atoms with van der Waals surface area (Å²) in [6, 6.07) is 0. The summed E-state index contributed by atoms with van der Waals surface area (Å²) in [6.45, 7) is 13.2. The number of halogens is 1. The molecule has 0 aliphatic carbocycles. The zero-order valence-corrected chi connectivity index (χ0v) is 10.8. The van der Waals surface area contributed by atoms with E-state index in [4.69, 9.17) is 11.6 Å². The van der Waals surface area contributed by atoms with Gasteiger partial charge in [0.25, 0.3) is 0 Å². The summed E-state index contributed by atoms with van der Waals surface area (Å²) in [4.78, 5) is 13.0. The van der Waals surface area contributed by atoms with Gasteiger partial charge < -0.3 is 10.2 Å². The molecule has 0 heterocycles. The molecule has 1 amide bonds. The van der Waals surface area contributed by atoms with Gasteiger partial charge in [-0.15, -0.1) is 11.6 Å². The summed E-state index contributed by atoms with van der Waals surface area (Å²) < 4.78 is 0. The van der Waals surface area contributed by atoms with Gasteiger partial charge in [-0.2, -0.15) is 0 Å². The van der Waals surface area contributed by atoms with E-state index < -0.39 is 0 Å². The maximum Gasteiger partial charge on any atom is 0.243 e. The van der Waals surface area contributed by atoms with Crippen LogP contribution in [0, 0.1) is 0 Å². The van der Waals surface area contributed by atoms with E-state index in [2.05, 4.69) is 30.6 Å². The Hall–Kier alpha value is -0.540. The number of rotatable bonds is 6. The summed E-state index contributed by atoms with van der Waals surface area (Å²) >= 11 is 5.00. The SMILES string of the molecule is C=CC(=O)NCCN(CC)CC.CCCl. The third kappa shape index (κ3) is 13.5. The molecule has 0 aliphatic rings. The summed E-state index contributed by atoms with van der Waals surface area (Å²) in [5.74, 6) is 0.627. The molecule has 4 heteroatoms. The van der Waals surface area contributed by atoms with Crippen LogP contribution in [0.25, 0.3) is 0 Å². The van der Waals surface area contributed by atoms with Gasteiger partial charge in [0.05, 0.1) is 0 Å². The van der Waals surface area contributed by atoms with Crippen LogP contribution >= 0.6 is 11.6 Å². The number of hydrogen-bond acceptors (Lipinski definition) is 2. The largest absolute Gasteiger partial charge is 0.351 e. The molecule has 0 aromatic rings. The van der Waals surface area contributed by atoms with Crippen molar-refractivity contribution in [1.29, 1.82) is 0 Å². The Morgan fingerprint density at radius 3 is 2.20 bits per heavy atom. The van der Waals surface area contributed by atoms with Crippen LogP contribution in [0.4, 0.5) is 0 Å². The summed E-state index contributed by atoms with van der Waals surface area (Å²) in [5, 5.41) is 2.73. The highest BCUT2D eigenvalue weighted by Gasteiger charge is 1.98. The van der Waals surface area contributed by atoms with Crippen LogP contribution in [-0.4, -0.2) is 42.9 Å². The van der Waals surface area contributed by atoms with Crippen molar-refractivity contribution in [1.82, 2.24) is 10.2 Å². The quantitative estimate of drug-likeness (QED) is 0.562. The lowest BCUT2D eigenvalue weighted by Crippen LogP contribution is -2.33. The first-order valence-corrected chi connectivity index (χ1v) is 5.88. The summed E-state index contributed by atoms with van der Waals surface area (Å²) in [7, 11) is 0. The third-order valence-electron chi connectivity index (χ3n) is 1.81. The monoisotopic (exact) mass is 234 g/mol. The maximum atomic E-state index is 10.7. The Labute approximate surface area is 98.5 Å². The molecule has 0 radical (unpaired) electrons. The fourth-order valence-electron chi connectivity index (χ4n) is 0.949. The first-order chi connectivity index (χ1) is 7.15. The Kier molecular flexibility index (Phi) is 15.1. The number of carbonyl (C=O) groups is 1. The number of amides is 1. The first-order valence-electron chi connectivity index (χ1n) is 5.34. The molecular formula is C11H23ClN2O. The van der Waals surface area contributed by atoms with E-state index in [1.54, 1.807) is 0 Å². The van der Waals surface area contributed by atoms with Gasteiger partial charge in [0.1, 0.15) is 0 Å². The second-order valence-electron chi connectivity index (χ2n) is 2.79. The van der Waals surface area contributed by atoms with Gasteiger partial charge in [-0.25, -0.2) is 0 Å². The van der Waals surface area contributed by atoms with Gasteiger partial charge in [0.2, 0.25) is 5.91 Å². The normalized spacial score (nSPS) is 9.13. The van der Waals surface area contributed by atoms with Gasteiger partial charge in [0, 0.05) is 19.0 Å². The predicted octanol–water partition coefficient (Wildman–Crippen LogP) is 1.88. The lowest BCUT2D eigenvalue weighted by Gasteiger charge is -2.17. The number of alkyl halides is 1. The zero-order chi connectivity index (χ0) is 12.1. The average Bonchev–Trinajstić information content (AvgIpc) is 2.25. The molecule has 0 bridgehead atoms. The van der Waals surface area contributed by atoms with Crippen LogP contribution in [0.15, 0.2) is 12.7 Å². The van der Waals surface area contributed by atoms with Crippen molar-refractivity contribution in [2.75, 3.05) is 32.1 Å². The van der Waals surface area contributed by atoms with Crippen molar-refractivity contribution in [2.24, 2.45) is 0 Å². The fraction of sp³-hybridized carbons (Fsp3) is 0.727. The molecule has 0 saturated carbocycles. The molecule has 0 atom stereocenters. The number of carbonyl (C=O) groups excluding carboxylic acids is 1. The molecule has 0 unspecified atom stereocenters. The Morgan fingerprint density at radius 1 is 1.40 bits per heavy atom. The van der Waals surface area contributed by atoms with Crippen LogP contribution in [0.1, 0.15) is 20.8 Å². The lowest BCUT2D eigenvalue weighted by molar-refractivity contribution is -0.116. The van der Waals surface area contributed by atoms with E-state index >= 15 is 0 Å². The minimum Gasteiger partial charge on any atom is -0.351 e. The van der Waals surface area contributed by atoms with Crippen LogP contribution in [0.5, 0.6) is 0 Å². The molecule has 1 N–H and O–H groups in total. The maximum absolute atomic E-state index is 10.7. The van der Waals surface area contributed by atoms with Crippen molar-refractivity contribution in [3.8, 4) is 0 Å².